The van der Waals surface area contributed by atoms with Gasteiger partial charge in [-0.1, -0.05) is 10.3 Å². The average Bonchev–Trinajstić information content (AvgIpc) is 3.42. The Morgan fingerprint density at radius 2 is 2.04 bits per heavy atom. The summed E-state index contributed by atoms with van der Waals surface area (Å²) in [6, 6.07) is 7.22. The highest BCUT2D eigenvalue weighted by molar-refractivity contribution is 5.89. The number of aromatic nitrogens is 3. The van der Waals surface area contributed by atoms with Crippen molar-refractivity contribution in [2.75, 3.05) is 13.7 Å². The van der Waals surface area contributed by atoms with Crippen LogP contribution in [0.2, 0.25) is 0 Å². The molecule has 1 unspecified atom stereocenters. The summed E-state index contributed by atoms with van der Waals surface area (Å²) in [7, 11) is 1.36. The second-order valence-electron chi connectivity index (χ2n) is 6.95. The molecule has 0 N–H and O–H groups in total. The third-order valence-electron chi connectivity index (χ3n) is 5.17. The summed E-state index contributed by atoms with van der Waals surface area (Å²) < 4.78 is 15.5. The van der Waals surface area contributed by atoms with E-state index in [1.807, 2.05) is 26.0 Å². The molecule has 8 nitrogen and oxygen atoms in total. The molecule has 3 heterocycles. The normalized spacial score (nSPS) is 17.2. The summed E-state index contributed by atoms with van der Waals surface area (Å²) in [6.45, 7) is 5.47. The smallest absolute Gasteiger partial charge is 0.337 e. The zero-order valence-corrected chi connectivity index (χ0v) is 16.1. The first kappa shape index (κ1) is 18.4. The summed E-state index contributed by atoms with van der Waals surface area (Å²) in [5, 5.41) is 7.99. The fourth-order valence-corrected chi connectivity index (χ4v) is 3.62. The molecule has 1 atom stereocenters. The monoisotopic (exact) mass is 382 g/mol. The molecule has 4 rings (SSSR count). The highest BCUT2D eigenvalue weighted by Crippen LogP contribution is 2.34. The molecule has 1 saturated heterocycles. The zero-order chi connectivity index (χ0) is 19.7. The zero-order valence-electron chi connectivity index (χ0n) is 16.1. The molecule has 0 bridgehead atoms. The van der Waals surface area contributed by atoms with Crippen molar-refractivity contribution in [3.63, 3.8) is 0 Å². The first-order chi connectivity index (χ1) is 13.6. The van der Waals surface area contributed by atoms with Gasteiger partial charge in [-0.2, -0.15) is 0 Å². The number of hydrogen-bond acceptors (Lipinski definition) is 8. The van der Waals surface area contributed by atoms with Crippen LogP contribution in [0.5, 0.6) is 0 Å². The number of carbonyl (C=O) groups excluding carboxylic acids is 1. The lowest BCUT2D eigenvalue weighted by molar-refractivity contribution is 0.0600. The van der Waals surface area contributed by atoms with Crippen molar-refractivity contribution in [2.24, 2.45) is 0 Å². The Balaban J connectivity index is 1.53. The topological polar surface area (TPSA) is 94.5 Å². The maximum atomic E-state index is 11.6. The third-order valence-corrected chi connectivity index (χ3v) is 5.17. The number of methoxy groups -OCH3 is 1. The summed E-state index contributed by atoms with van der Waals surface area (Å²) in [6.07, 6.45) is 2.11. The van der Waals surface area contributed by atoms with Crippen LogP contribution in [0.3, 0.4) is 0 Å². The van der Waals surface area contributed by atoms with E-state index < -0.39 is 0 Å². The molecule has 1 aromatic carbocycles. The van der Waals surface area contributed by atoms with Gasteiger partial charge < -0.3 is 9.15 Å². The van der Waals surface area contributed by atoms with E-state index in [4.69, 9.17) is 18.8 Å². The molecule has 2 aromatic heterocycles. The number of esters is 1. The van der Waals surface area contributed by atoms with Crippen molar-refractivity contribution >= 4 is 5.97 Å². The molecule has 1 fully saturated rings. The van der Waals surface area contributed by atoms with Gasteiger partial charge in [-0.3, -0.25) is 4.90 Å². The van der Waals surface area contributed by atoms with Crippen LogP contribution in [0.25, 0.3) is 11.5 Å². The first-order valence-electron chi connectivity index (χ1n) is 9.25. The van der Waals surface area contributed by atoms with E-state index in [1.165, 1.54) is 7.11 Å². The van der Waals surface area contributed by atoms with Crippen molar-refractivity contribution in [3.05, 3.63) is 52.7 Å². The SMILES string of the molecule is COC(=O)c1ccc(-c2nc(CN3CCCC3c3nonc3C)c(C)o2)cc1. The van der Waals surface area contributed by atoms with Crippen molar-refractivity contribution in [3.8, 4) is 11.5 Å². The number of likely N-dealkylation sites (tertiary alicyclic amines) is 1. The van der Waals surface area contributed by atoms with E-state index in [2.05, 4.69) is 15.2 Å². The van der Waals surface area contributed by atoms with E-state index in [-0.39, 0.29) is 12.0 Å². The number of hydrogen-bond donors (Lipinski definition) is 0. The van der Waals surface area contributed by atoms with Gasteiger partial charge >= 0.3 is 5.97 Å². The molecule has 1 aliphatic rings. The molecule has 1 aliphatic heterocycles. The molecular formula is C20H22N4O4. The van der Waals surface area contributed by atoms with Crippen LogP contribution in [0.4, 0.5) is 0 Å². The van der Waals surface area contributed by atoms with Crippen LogP contribution in [0, 0.1) is 13.8 Å². The molecule has 0 spiro atoms. The van der Waals surface area contributed by atoms with Crippen LogP contribution in [0.1, 0.15) is 52.1 Å². The number of nitrogens with zero attached hydrogens (tertiary/aromatic N) is 4. The quantitative estimate of drug-likeness (QED) is 0.619. The first-order valence-corrected chi connectivity index (χ1v) is 9.25. The van der Waals surface area contributed by atoms with Crippen LogP contribution in [-0.4, -0.2) is 39.8 Å². The minimum Gasteiger partial charge on any atom is -0.465 e. The lowest BCUT2D eigenvalue weighted by atomic mass is 10.1. The van der Waals surface area contributed by atoms with Gasteiger partial charge in [0.2, 0.25) is 5.89 Å². The molecule has 8 heteroatoms. The molecule has 0 radical (unpaired) electrons. The van der Waals surface area contributed by atoms with Crippen molar-refractivity contribution in [2.45, 2.75) is 39.3 Å². The number of rotatable bonds is 5. The summed E-state index contributed by atoms with van der Waals surface area (Å²) >= 11 is 0. The minimum atomic E-state index is -0.367. The van der Waals surface area contributed by atoms with E-state index in [0.29, 0.717) is 18.0 Å². The van der Waals surface area contributed by atoms with Gasteiger partial charge in [0, 0.05) is 12.1 Å². The second-order valence-corrected chi connectivity index (χ2v) is 6.95. The fourth-order valence-electron chi connectivity index (χ4n) is 3.62. The second kappa shape index (κ2) is 7.55. The highest BCUT2D eigenvalue weighted by Gasteiger charge is 2.31. The Bertz CT molecular complexity index is 977. The Kier molecular flexibility index (Phi) is 4.95. The van der Waals surface area contributed by atoms with Crippen LogP contribution >= 0.6 is 0 Å². The summed E-state index contributed by atoms with van der Waals surface area (Å²) in [4.78, 5) is 18.6. The molecule has 146 valence electrons. The van der Waals surface area contributed by atoms with Gasteiger partial charge in [-0.05, 0) is 57.5 Å². The van der Waals surface area contributed by atoms with Gasteiger partial charge in [0.1, 0.15) is 17.1 Å². The highest BCUT2D eigenvalue weighted by atomic mass is 16.6. The summed E-state index contributed by atoms with van der Waals surface area (Å²) in [5.41, 5.74) is 3.94. The van der Waals surface area contributed by atoms with E-state index in [9.17, 15) is 4.79 Å². The Labute approximate surface area is 162 Å². The number of aryl methyl sites for hydroxylation is 2. The number of benzene rings is 1. The standard InChI is InChI=1S/C20H22N4O4/c1-12-18(23-28-22-12)17-5-4-10-24(17)11-16-13(2)27-19(21-16)14-6-8-15(9-7-14)20(25)26-3/h6-9,17H,4-5,10-11H2,1-3H3. The molecule has 0 amide bonds. The van der Waals surface area contributed by atoms with Gasteiger partial charge in [0.15, 0.2) is 0 Å². The lowest BCUT2D eigenvalue weighted by Crippen LogP contribution is -2.24. The van der Waals surface area contributed by atoms with Crippen LogP contribution in [-0.2, 0) is 11.3 Å². The van der Waals surface area contributed by atoms with E-state index in [1.54, 1.807) is 12.1 Å². The molecule has 0 saturated carbocycles. The summed E-state index contributed by atoms with van der Waals surface area (Å²) in [5.74, 6) is 0.958. The predicted molar refractivity (Wildman–Crippen MR) is 99.4 cm³/mol. The maximum absolute atomic E-state index is 11.6. The van der Waals surface area contributed by atoms with Crippen molar-refractivity contribution in [1.82, 2.24) is 20.2 Å². The third kappa shape index (κ3) is 3.43. The lowest BCUT2D eigenvalue weighted by Gasteiger charge is -2.21. The van der Waals surface area contributed by atoms with Crippen molar-refractivity contribution in [1.29, 1.82) is 0 Å². The van der Waals surface area contributed by atoms with E-state index >= 15 is 0 Å². The van der Waals surface area contributed by atoms with E-state index in [0.717, 1.165) is 47.8 Å². The Morgan fingerprint density at radius 1 is 1.25 bits per heavy atom. The average molecular weight is 382 g/mol. The van der Waals surface area contributed by atoms with Gasteiger partial charge in [-0.15, -0.1) is 0 Å². The molecule has 0 aliphatic carbocycles. The largest absolute Gasteiger partial charge is 0.465 e. The van der Waals surface area contributed by atoms with Crippen molar-refractivity contribution < 1.29 is 18.6 Å². The number of ether oxygens (including phenoxy) is 1. The van der Waals surface area contributed by atoms with Gasteiger partial charge in [0.05, 0.1) is 24.4 Å². The predicted octanol–water partition coefficient (Wildman–Crippen LogP) is 3.47. The number of carbonyl (C=O) groups is 1. The van der Waals surface area contributed by atoms with Crippen LogP contribution < -0.4 is 0 Å². The molecular weight excluding hydrogens is 360 g/mol. The molecule has 3 aromatic rings. The van der Waals surface area contributed by atoms with Crippen LogP contribution in [0.15, 0.2) is 33.3 Å². The molecule has 28 heavy (non-hydrogen) atoms. The minimum absolute atomic E-state index is 0.185. The number of oxazole rings is 1. The fraction of sp³-hybridized carbons (Fsp3) is 0.400. The maximum Gasteiger partial charge on any atom is 0.337 e. The van der Waals surface area contributed by atoms with Gasteiger partial charge in [0.25, 0.3) is 0 Å². The Hall–Kier alpha value is -3.00. The van der Waals surface area contributed by atoms with Gasteiger partial charge in [-0.25, -0.2) is 14.4 Å². The Morgan fingerprint density at radius 3 is 2.71 bits per heavy atom.